The number of nitrogens with zero attached hydrogens (tertiary/aromatic N) is 3. The molecule has 2 aromatic carbocycles. The molecule has 0 aliphatic heterocycles. The second kappa shape index (κ2) is 11.1. The summed E-state index contributed by atoms with van der Waals surface area (Å²) in [6.45, 7) is 13.3. The first-order valence-electron chi connectivity index (χ1n) is 11.7. The number of benzene rings is 2. The number of hydrogen-bond donors (Lipinski definition) is 1. The second-order valence-electron chi connectivity index (χ2n) is 9.77. The van der Waals surface area contributed by atoms with Gasteiger partial charge in [-0.05, 0) is 77.9 Å². The molecule has 0 saturated heterocycles. The van der Waals surface area contributed by atoms with Crippen LogP contribution in [0, 0.1) is 12.7 Å². The van der Waals surface area contributed by atoms with Crippen molar-refractivity contribution in [3.8, 4) is 17.3 Å². The van der Waals surface area contributed by atoms with Crippen molar-refractivity contribution in [3.63, 3.8) is 0 Å². The van der Waals surface area contributed by atoms with Crippen LogP contribution in [0.3, 0.4) is 0 Å². The standard InChI is InChI=1S/C27H36FN3O3/c1-19(2)30(16-23(32)18-33-27(4,5)6)17-25-20(3)29-31(22-10-8-7-9-11-22)26(25)34-24-14-12-21(28)13-15-24/h7-15,19,23,32H,16-18H2,1-6H3. The smallest absolute Gasteiger partial charge is 0.227 e. The Morgan fingerprint density at radius 3 is 2.29 bits per heavy atom. The van der Waals surface area contributed by atoms with Crippen molar-refractivity contribution in [3.05, 3.63) is 71.7 Å². The summed E-state index contributed by atoms with van der Waals surface area (Å²) in [5.41, 5.74) is 2.29. The lowest BCUT2D eigenvalue weighted by Gasteiger charge is -2.30. The highest BCUT2D eigenvalue weighted by atomic mass is 19.1. The third-order valence-electron chi connectivity index (χ3n) is 5.41. The minimum absolute atomic E-state index is 0.169. The topological polar surface area (TPSA) is 59.8 Å². The highest BCUT2D eigenvalue weighted by Crippen LogP contribution is 2.32. The molecule has 34 heavy (non-hydrogen) atoms. The van der Waals surface area contributed by atoms with Crippen LogP contribution < -0.4 is 4.74 Å². The average molecular weight is 470 g/mol. The lowest BCUT2D eigenvalue weighted by atomic mass is 10.1. The number of hydrogen-bond acceptors (Lipinski definition) is 5. The van der Waals surface area contributed by atoms with Crippen LogP contribution in [0.2, 0.25) is 0 Å². The van der Waals surface area contributed by atoms with E-state index < -0.39 is 6.10 Å². The van der Waals surface area contributed by atoms with E-state index in [1.165, 1.54) is 12.1 Å². The van der Waals surface area contributed by atoms with Gasteiger partial charge >= 0.3 is 0 Å². The van der Waals surface area contributed by atoms with Crippen LogP contribution in [-0.2, 0) is 11.3 Å². The zero-order chi connectivity index (χ0) is 24.9. The molecule has 6 nitrogen and oxygen atoms in total. The molecule has 0 spiro atoms. The molecule has 1 N–H and O–H groups in total. The molecule has 184 valence electrons. The van der Waals surface area contributed by atoms with Crippen molar-refractivity contribution in [2.75, 3.05) is 13.2 Å². The summed E-state index contributed by atoms with van der Waals surface area (Å²) in [6.07, 6.45) is -0.632. The van der Waals surface area contributed by atoms with E-state index in [9.17, 15) is 9.50 Å². The first-order valence-corrected chi connectivity index (χ1v) is 11.7. The van der Waals surface area contributed by atoms with Gasteiger partial charge in [-0.1, -0.05) is 18.2 Å². The normalized spacial score (nSPS) is 13.0. The number of ether oxygens (including phenoxy) is 2. The number of aryl methyl sites for hydroxylation is 1. The Kier molecular flexibility index (Phi) is 8.47. The summed E-state index contributed by atoms with van der Waals surface area (Å²) in [6, 6.07) is 15.9. The van der Waals surface area contributed by atoms with Gasteiger partial charge in [0.1, 0.15) is 11.6 Å². The summed E-state index contributed by atoms with van der Waals surface area (Å²) in [7, 11) is 0. The minimum atomic E-state index is -0.632. The molecule has 1 atom stereocenters. The van der Waals surface area contributed by atoms with Gasteiger partial charge in [-0.15, -0.1) is 0 Å². The first-order chi connectivity index (χ1) is 16.0. The lowest BCUT2D eigenvalue weighted by Crippen LogP contribution is -2.40. The number of rotatable bonds is 10. The van der Waals surface area contributed by atoms with Gasteiger partial charge in [-0.3, -0.25) is 4.90 Å². The molecule has 0 amide bonds. The van der Waals surface area contributed by atoms with Gasteiger partial charge in [-0.2, -0.15) is 5.10 Å². The maximum Gasteiger partial charge on any atom is 0.227 e. The van der Waals surface area contributed by atoms with Gasteiger partial charge in [0.15, 0.2) is 0 Å². The van der Waals surface area contributed by atoms with Gasteiger partial charge in [0.25, 0.3) is 0 Å². The number of aromatic nitrogens is 2. The number of halogens is 1. The quantitative estimate of drug-likeness (QED) is 0.425. The fraction of sp³-hybridized carbons (Fsp3) is 0.444. The van der Waals surface area contributed by atoms with E-state index >= 15 is 0 Å². The van der Waals surface area contributed by atoms with E-state index in [1.54, 1.807) is 16.8 Å². The largest absolute Gasteiger partial charge is 0.439 e. The predicted octanol–water partition coefficient (Wildman–Crippen LogP) is 5.50. The van der Waals surface area contributed by atoms with Crippen molar-refractivity contribution >= 4 is 0 Å². The maximum absolute atomic E-state index is 13.5. The molecule has 7 heteroatoms. The average Bonchev–Trinajstić information content (AvgIpc) is 3.08. The van der Waals surface area contributed by atoms with Crippen molar-refractivity contribution in [2.24, 2.45) is 0 Å². The molecule has 3 rings (SSSR count). The number of aliphatic hydroxyl groups is 1. The Morgan fingerprint density at radius 1 is 1.06 bits per heavy atom. The number of para-hydroxylation sites is 1. The molecule has 1 aromatic heterocycles. The van der Waals surface area contributed by atoms with E-state index in [2.05, 4.69) is 18.7 Å². The van der Waals surface area contributed by atoms with Crippen LogP contribution in [0.15, 0.2) is 54.6 Å². The third kappa shape index (κ3) is 7.13. The fourth-order valence-electron chi connectivity index (χ4n) is 3.51. The molecule has 0 aliphatic carbocycles. The molecule has 0 radical (unpaired) electrons. The Bertz CT molecular complexity index is 1040. The van der Waals surface area contributed by atoms with Crippen molar-refractivity contribution in [1.82, 2.24) is 14.7 Å². The molecule has 0 aliphatic rings. The highest BCUT2D eigenvalue weighted by molar-refractivity contribution is 5.43. The molecular formula is C27H36FN3O3. The molecule has 3 aromatic rings. The summed E-state index contributed by atoms with van der Waals surface area (Å²) >= 11 is 0. The van der Waals surface area contributed by atoms with Crippen LogP contribution in [-0.4, -0.2) is 50.7 Å². The Hall–Kier alpha value is -2.74. The minimum Gasteiger partial charge on any atom is -0.439 e. The van der Waals surface area contributed by atoms with E-state index in [-0.39, 0.29) is 24.1 Å². The summed E-state index contributed by atoms with van der Waals surface area (Å²) in [5.74, 6) is 0.772. The van der Waals surface area contributed by atoms with Crippen molar-refractivity contribution in [2.45, 2.75) is 65.8 Å². The molecule has 0 bridgehead atoms. The van der Waals surface area contributed by atoms with E-state index in [0.29, 0.717) is 24.7 Å². The molecule has 1 heterocycles. The van der Waals surface area contributed by atoms with Gasteiger partial charge in [0.05, 0.1) is 35.3 Å². The van der Waals surface area contributed by atoms with Crippen LogP contribution in [0.5, 0.6) is 11.6 Å². The van der Waals surface area contributed by atoms with Gasteiger partial charge < -0.3 is 14.6 Å². The van der Waals surface area contributed by atoms with Crippen LogP contribution in [0.25, 0.3) is 5.69 Å². The zero-order valence-corrected chi connectivity index (χ0v) is 21.0. The van der Waals surface area contributed by atoms with Gasteiger partial charge in [0.2, 0.25) is 5.88 Å². The Balaban J connectivity index is 1.92. The van der Waals surface area contributed by atoms with E-state index in [1.807, 2.05) is 58.0 Å². The SMILES string of the molecule is Cc1nn(-c2ccccc2)c(Oc2ccc(F)cc2)c1CN(CC(O)COC(C)(C)C)C(C)C. The Labute approximate surface area is 201 Å². The predicted molar refractivity (Wildman–Crippen MR) is 132 cm³/mol. The van der Waals surface area contributed by atoms with Gasteiger partial charge in [0, 0.05) is 19.1 Å². The van der Waals surface area contributed by atoms with E-state index in [4.69, 9.17) is 14.6 Å². The molecular weight excluding hydrogens is 433 g/mol. The maximum atomic E-state index is 13.5. The van der Waals surface area contributed by atoms with E-state index in [0.717, 1.165) is 16.9 Å². The van der Waals surface area contributed by atoms with Crippen molar-refractivity contribution in [1.29, 1.82) is 0 Å². The summed E-state index contributed by atoms with van der Waals surface area (Å²) < 4.78 is 27.3. The fourth-order valence-corrected chi connectivity index (χ4v) is 3.51. The summed E-state index contributed by atoms with van der Waals surface area (Å²) in [4.78, 5) is 2.17. The van der Waals surface area contributed by atoms with Crippen LogP contribution in [0.4, 0.5) is 4.39 Å². The summed E-state index contributed by atoms with van der Waals surface area (Å²) in [5, 5.41) is 15.4. The highest BCUT2D eigenvalue weighted by Gasteiger charge is 2.24. The van der Waals surface area contributed by atoms with Crippen molar-refractivity contribution < 1.29 is 19.0 Å². The first kappa shape index (κ1) is 25.9. The van der Waals surface area contributed by atoms with Gasteiger partial charge in [-0.25, -0.2) is 9.07 Å². The second-order valence-corrected chi connectivity index (χ2v) is 9.77. The molecule has 0 saturated carbocycles. The monoisotopic (exact) mass is 469 g/mol. The lowest BCUT2D eigenvalue weighted by molar-refractivity contribution is -0.0587. The third-order valence-corrected chi connectivity index (χ3v) is 5.41. The zero-order valence-electron chi connectivity index (χ0n) is 21.0. The van der Waals surface area contributed by atoms with Crippen LogP contribution in [0.1, 0.15) is 45.9 Å². The van der Waals surface area contributed by atoms with Crippen LogP contribution >= 0.6 is 0 Å². The molecule has 1 unspecified atom stereocenters. The Morgan fingerprint density at radius 2 is 1.71 bits per heavy atom. The molecule has 0 fully saturated rings. The number of aliphatic hydroxyl groups excluding tert-OH is 1.